The van der Waals surface area contributed by atoms with Gasteiger partial charge in [0.05, 0.1) is 0 Å². The Kier molecular flexibility index (Phi) is 5.13. The molecule has 0 spiro atoms. The van der Waals surface area contributed by atoms with Gasteiger partial charge < -0.3 is 4.90 Å². The number of hydrogen-bond donors (Lipinski definition) is 0. The lowest BCUT2D eigenvalue weighted by molar-refractivity contribution is 0.101. The number of nitrogens with zero attached hydrogens (tertiary/aromatic N) is 1. The number of halogens is 1. The van der Waals surface area contributed by atoms with Crippen LogP contribution in [0.2, 0.25) is 0 Å². The minimum atomic E-state index is -0.356. The molecule has 0 aliphatic carbocycles. The molecule has 0 atom stereocenters. The molecule has 0 fully saturated rings. The van der Waals surface area contributed by atoms with Gasteiger partial charge in [-0.2, -0.15) is 0 Å². The van der Waals surface area contributed by atoms with Gasteiger partial charge in [-0.05, 0) is 38.5 Å². The van der Waals surface area contributed by atoms with E-state index >= 15 is 0 Å². The van der Waals surface area contributed by atoms with Gasteiger partial charge in [0.25, 0.3) is 0 Å². The van der Waals surface area contributed by atoms with Gasteiger partial charge in [-0.1, -0.05) is 13.3 Å². The minimum Gasteiger partial charge on any atom is -0.371 e. The summed E-state index contributed by atoms with van der Waals surface area (Å²) in [6, 6.07) is 4.44. The van der Waals surface area contributed by atoms with E-state index in [4.69, 9.17) is 0 Å². The Morgan fingerprint density at radius 2 is 2.06 bits per heavy atom. The maximum atomic E-state index is 13.2. The number of anilines is 1. The average Bonchev–Trinajstić information content (AvgIpc) is 2.31. The van der Waals surface area contributed by atoms with Crippen molar-refractivity contribution in [3.63, 3.8) is 0 Å². The SMILES string of the molecule is CCCCN(CC)c1ccc(F)cc1C(C)=O. The van der Waals surface area contributed by atoms with E-state index in [1.807, 2.05) is 6.92 Å². The summed E-state index contributed by atoms with van der Waals surface area (Å²) in [5.74, 6) is -0.444. The summed E-state index contributed by atoms with van der Waals surface area (Å²) < 4.78 is 13.2. The van der Waals surface area contributed by atoms with Gasteiger partial charge >= 0.3 is 0 Å². The molecule has 2 nitrogen and oxygen atoms in total. The predicted octanol–water partition coefficient (Wildman–Crippen LogP) is 3.65. The Morgan fingerprint density at radius 1 is 1.35 bits per heavy atom. The second-order valence-electron chi connectivity index (χ2n) is 4.15. The molecule has 1 aromatic rings. The highest BCUT2D eigenvalue weighted by molar-refractivity contribution is 5.99. The average molecular weight is 237 g/mol. The van der Waals surface area contributed by atoms with E-state index in [0.717, 1.165) is 31.6 Å². The zero-order chi connectivity index (χ0) is 12.8. The number of rotatable bonds is 6. The Bertz CT molecular complexity index is 390. The van der Waals surface area contributed by atoms with Crippen LogP contribution >= 0.6 is 0 Å². The molecule has 0 saturated carbocycles. The van der Waals surface area contributed by atoms with Crippen molar-refractivity contribution in [3.05, 3.63) is 29.6 Å². The first kappa shape index (κ1) is 13.7. The first-order valence-corrected chi connectivity index (χ1v) is 6.15. The fourth-order valence-corrected chi connectivity index (χ4v) is 1.86. The van der Waals surface area contributed by atoms with E-state index in [9.17, 15) is 9.18 Å². The summed E-state index contributed by atoms with van der Waals surface area (Å²) in [6.07, 6.45) is 2.18. The van der Waals surface area contributed by atoms with Gasteiger partial charge in [0, 0.05) is 24.3 Å². The summed E-state index contributed by atoms with van der Waals surface area (Å²) >= 11 is 0. The van der Waals surface area contributed by atoms with Crippen molar-refractivity contribution in [2.75, 3.05) is 18.0 Å². The van der Waals surface area contributed by atoms with Crippen molar-refractivity contribution in [2.45, 2.75) is 33.6 Å². The zero-order valence-corrected chi connectivity index (χ0v) is 10.8. The molecule has 0 N–H and O–H groups in total. The lowest BCUT2D eigenvalue weighted by atomic mass is 10.1. The normalized spacial score (nSPS) is 10.4. The molecule has 0 aromatic heterocycles. The number of hydrogen-bond acceptors (Lipinski definition) is 2. The van der Waals surface area contributed by atoms with Crippen molar-refractivity contribution in [3.8, 4) is 0 Å². The topological polar surface area (TPSA) is 20.3 Å². The highest BCUT2D eigenvalue weighted by Crippen LogP contribution is 2.22. The van der Waals surface area contributed by atoms with Gasteiger partial charge in [-0.15, -0.1) is 0 Å². The molecule has 0 aliphatic rings. The smallest absolute Gasteiger partial charge is 0.161 e. The molecule has 0 radical (unpaired) electrons. The molecule has 0 heterocycles. The molecule has 1 rings (SSSR count). The first-order chi connectivity index (χ1) is 8.10. The summed E-state index contributed by atoms with van der Waals surface area (Å²) in [7, 11) is 0. The molecule has 0 amide bonds. The monoisotopic (exact) mass is 237 g/mol. The van der Waals surface area contributed by atoms with Crippen LogP contribution < -0.4 is 4.90 Å². The number of carbonyl (C=O) groups is 1. The highest BCUT2D eigenvalue weighted by atomic mass is 19.1. The van der Waals surface area contributed by atoms with Crippen molar-refractivity contribution in [2.24, 2.45) is 0 Å². The fraction of sp³-hybridized carbons (Fsp3) is 0.500. The van der Waals surface area contributed by atoms with Gasteiger partial charge in [0.15, 0.2) is 5.78 Å². The van der Waals surface area contributed by atoms with E-state index in [2.05, 4.69) is 11.8 Å². The molecule has 1 aromatic carbocycles. The Labute approximate surface area is 102 Å². The van der Waals surface area contributed by atoms with Crippen LogP contribution in [0.5, 0.6) is 0 Å². The van der Waals surface area contributed by atoms with E-state index in [1.54, 1.807) is 6.07 Å². The van der Waals surface area contributed by atoms with Crippen LogP contribution in [0.25, 0.3) is 0 Å². The molecule has 3 heteroatoms. The van der Waals surface area contributed by atoms with Crippen LogP contribution in [0.3, 0.4) is 0 Å². The van der Waals surface area contributed by atoms with Crippen molar-refractivity contribution >= 4 is 11.5 Å². The summed E-state index contributed by atoms with van der Waals surface area (Å²) in [5.41, 5.74) is 1.32. The third-order valence-electron chi connectivity index (χ3n) is 2.84. The van der Waals surface area contributed by atoms with Crippen LogP contribution in [0.4, 0.5) is 10.1 Å². The predicted molar refractivity (Wildman–Crippen MR) is 69.2 cm³/mol. The molecule has 0 unspecified atom stereocenters. The highest BCUT2D eigenvalue weighted by Gasteiger charge is 2.13. The minimum absolute atomic E-state index is 0.0885. The van der Waals surface area contributed by atoms with Crippen LogP contribution in [-0.2, 0) is 0 Å². The van der Waals surface area contributed by atoms with Crippen LogP contribution in [0, 0.1) is 5.82 Å². The standard InChI is InChI=1S/C14H20FNO/c1-4-6-9-16(5-2)14-8-7-12(15)10-13(14)11(3)17/h7-8,10H,4-6,9H2,1-3H3. The number of Topliss-reactive ketones (excluding diaryl/α,β-unsaturated/α-hetero) is 1. The molecule has 0 aliphatic heterocycles. The summed E-state index contributed by atoms with van der Waals surface area (Å²) in [5, 5.41) is 0. The molecule has 0 saturated heterocycles. The largest absolute Gasteiger partial charge is 0.371 e. The second kappa shape index (κ2) is 6.38. The Morgan fingerprint density at radius 3 is 2.59 bits per heavy atom. The molecular formula is C14H20FNO. The zero-order valence-electron chi connectivity index (χ0n) is 10.8. The van der Waals surface area contributed by atoms with Crippen LogP contribution in [0.1, 0.15) is 44.0 Å². The van der Waals surface area contributed by atoms with E-state index in [-0.39, 0.29) is 11.6 Å². The van der Waals surface area contributed by atoms with Crippen LogP contribution in [-0.4, -0.2) is 18.9 Å². The molecule has 0 bridgehead atoms. The fourth-order valence-electron chi connectivity index (χ4n) is 1.86. The van der Waals surface area contributed by atoms with Crippen LogP contribution in [0.15, 0.2) is 18.2 Å². The second-order valence-corrected chi connectivity index (χ2v) is 4.15. The maximum absolute atomic E-state index is 13.2. The van der Waals surface area contributed by atoms with Gasteiger partial charge in [-0.25, -0.2) is 4.39 Å². The number of carbonyl (C=O) groups excluding carboxylic acids is 1. The number of unbranched alkanes of at least 4 members (excludes halogenated alkanes) is 1. The lowest BCUT2D eigenvalue weighted by Crippen LogP contribution is -2.25. The van der Waals surface area contributed by atoms with Gasteiger partial charge in [0.1, 0.15) is 5.82 Å². The molecular weight excluding hydrogens is 217 g/mol. The Balaban J connectivity index is 3.05. The summed E-state index contributed by atoms with van der Waals surface area (Å²) in [4.78, 5) is 13.6. The van der Waals surface area contributed by atoms with Gasteiger partial charge in [0.2, 0.25) is 0 Å². The first-order valence-electron chi connectivity index (χ1n) is 6.15. The quantitative estimate of drug-likeness (QED) is 0.704. The van der Waals surface area contributed by atoms with Gasteiger partial charge in [-0.3, -0.25) is 4.79 Å². The van der Waals surface area contributed by atoms with E-state index in [1.165, 1.54) is 19.1 Å². The van der Waals surface area contributed by atoms with E-state index < -0.39 is 0 Å². The number of benzene rings is 1. The van der Waals surface area contributed by atoms with Crippen molar-refractivity contribution in [1.82, 2.24) is 0 Å². The van der Waals surface area contributed by atoms with Crippen molar-refractivity contribution in [1.29, 1.82) is 0 Å². The maximum Gasteiger partial charge on any atom is 0.161 e. The third kappa shape index (κ3) is 3.55. The van der Waals surface area contributed by atoms with Crippen molar-refractivity contribution < 1.29 is 9.18 Å². The summed E-state index contributed by atoms with van der Waals surface area (Å²) in [6.45, 7) is 7.38. The van der Waals surface area contributed by atoms with E-state index in [0.29, 0.717) is 5.56 Å². The third-order valence-corrected chi connectivity index (χ3v) is 2.84. The Hall–Kier alpha value is -1.38. The molecule has 94 valence electrons. The number of ketones is 1. The molecule has 17 heavy (non-hydrogen) atoms. The lowest BCUT2D eigenvalue weighted by Gasteiger charge is -2.25.